The Morgan fingerprint density at radius 3 is 3.00 bits per heavy atom. The van der Waals surface area contributed by atoms with Crippen molar-refractivity contribution in [3.05, 3.63) is 42.0 Å². The van der Waals surface area contributed by atoms with Gasteiger partial charge in [0.1, 0.15) is 12.2 Å². The minimum absolute atomic E-state index is 0.0817. The number of aromatic nitrogens is 3. The second kappa shape index (κ2) is 5.14. The molecule has 4 nitrogen and oxygen atoms in total. The minimum Gasteiger partial charge on any atom is -0.392 e. The molecule has 2 rings (SSSR count). The van der Waals surface area contributed by atoms with Crippen molar-refractivity contribution in [1.29, 1.82) is 0 Å². The van der Waals surface area contributed by atoms with E-state index in [1.165, 1.54) is 0 Å². The smallest absolute Gasteiger partial charge is 0.138 e. The highest BCUT2D eigenvalue weighted by atomic mass is 32.2. The zero-order chi connectivity index (χ0) is 11.4. The topological polar surface area (TPSA) is 50.9 Å². The Morgan fingerprint density at radius 2 is 2.31 bits per heavy atom. The fourth-order valence-corrected chi connectivity index (χ4v) is 2.30. The molecule has 0 fully saturated rings. The number of hydrogen-bond donors (Lipinski definition) is 1. The summed E-state index contributed by atoms with van der Waals surface area (Å²) in [7, 11) is 1.88. The van der Waals surface area contributed by atoms with Crippen molar-refractivity contribution in [3.63, 3.8) is 0 Å². The fourth-order valence-electron chi connectivity index (χ4n) is 1.33. The second-order valence-electron chi connectivity index (χ2n) is 3.39. The maximum atomic E-state index is 9.02. The highest BCUT2D eigenvalue weighted by Crippen LogP contribution is 2.22. The van der Waals surface area contributed by atoms with E-state index in [0.29, 0.717) is 0 Å². The van der Waals surface area contributed by atoms with E-state index in [4.69, 9.17) is 5.11 Å². The van der Waals surface area contributed by atoms with Gasteiger partial charge in [0.15, 0.2) is 0 Å². The molecule has 0 radical (unpaired) electrons. The number of aryl methyl sites for hydroxylation is 1. The molecule has 0 bridgehead atoms. The molecule has 0 saturated carbocycles. The molecule has 0 atom stereocenters. The van der Waals surface area contributed by atoms with Crippen molar-refractivity contribution in [3.8, 4) is 0 Å². The Labute approximate surface area is 98.3 Å². The molecule has 2 aromatic rings. The molecule has 0 aliphatic rings. The average molecular weight is 235 g/mol. The molecular weight excluding hydrogens is 222 g/mol. The predicted molar refractivity (Wildman–Crippen MR) is 62.9 cm³/mol. The van der Waals surface area contributed by atoms with Crippen LogP contribution in [0.2, 0.25) is 0 Å². The van der Waals surface area contributed by atoms with Gasteiger partial charge in [0.25, 0.3) is 0 Å². The van der Waals surface area contributed by atoms with Crippen LogP contribution in [0, 0.1) is 0 Å². The van der Waals surface area contributed by atoms with Crippen LogP contribution >= 0.6 is 11.8 Å². The Hall–Kier alpha value is -1.33. The molecule has 1 aromatic heterocycles. The van der Waals surface area contributed by atoms with Gasteiger partial charge in [-0.1, -0.05) is 12.1 Å². The van der Waals surface area contributed by atoms with Crippen molar-refractivity contribution >= 4 is 11.8 Å². The van der Waals surface area contributed by atoms with Gasteiger partial charge in [-0.25, -0.2) is 4.98 Å². The van der Waals surface area contributed by atoms with Crippen molar-refractivity contribution in [2.75, 3.05) is 0 Å². The quantitative estimate of drug-likeness (QED) is 0.818. The van der Waals surface area contributed by atoms with Gasteiger partial charge < -0.3 is 5.11 Å². The van der Waals surface area contributed by atoms with Gasteiger partial charge in [0, 0.05) is 11.9 Å². The van der Waals surface area contributed by atoms with E-state index in [0.717, 1.165) is 22.0 Å². The Morgan fingerprint density at radius 1 is 1.44 bits per heavy atom. The van der Waals surface area contributed by atoms with Crippen LogP contribution in [0.3, 0.4) is 0 Å². The molecule has 0 aliphatic heterocycles. The standard InChI is InChI=1S/C11H13N3OS/c1-14-11(12-8-13-14)7-16-10-4-2-3-9(5-10)6-15/h2-5,8,15H,6-7H2,1H3. The fraction of sp³-hybridized carbons (Fsp3) is 0.273. The molecule has 0 unspecified atom stereocenters. The van der Waals surface area contributed by atoms with Crippen LogP contribution in [0.15, 0.2) is 35.5 Å². The largest absolute Gasteiger partial charge is 0.392 e. The summed E-state index contributed by atoms with van der Waals surface area (Å²) in [5.41, 5.74) is 0.933. The maximum Gasteiger partial charge on any atom is 0.138 e. The molecule has 5 heteroatoms. The molecule has 0 saturated heterocycles. The zero-order valence-corrected chi connectivity index (χ0v) is 9.81. The Kier molecular flexibility index (Phi) is 3.58. The third-order valence-electron chi connectivity index (χ3n) is 2.25. The van der Waals surface area contributed by atoms with Gasteiger partial charge in [-0.3, -0.25) is 4.68 Å². The molecule has 1 heterocycles. The first-order valence-corrected chi connectivity index (χ1v) is 5.93. The number of hydrogen-bond acceptors (Lipinski definition) is 4. The van der Waals surface area contributed by atoms with Crippen LogP contribution in [-0.4, -0.2) is 19.9 Å². The monoisotopic (exact) mass is 235 g/mol. The van der Waals surface area contributed by atoms with E-state index in [-0.39, 0.29) is 6.61 Å². The number of thioether (sulfide) groups is 1. The molecule has 1 aromatic carbocycles. The van der Waals surface area contributed by atoms with Crippen LogP contribution in [0.1, 0.15) is 11.4 Å². The van der Waals surface area contributed by atoms with Crippen LogP contribution in [0.5, 0.6) is 0 Å². The lowest BCUT2D eigenvalue weighted by Gasteiger charge is -2.03. The van der Waals surface area contributed by atoms with Gasteiger partial charge in [0.2, 0.25) is 0 Å². The molecule has 0 aliphatic carbocycles. The van der Waals surface area contributed by atoms with Crippen molar-refractivity contribution in [1.82, 2.24) is 14.8 Å². The van der Waals surface area contributed by atoms with Crippen molar-refractivity contribution in [2.45, 2.75) is 17.3 Å². The molecular formula is C11H13N3OS. The predicted octanol–water partition coefficient (Wildman–Crippen LogP) is 1.60. The summed E-state index contributed by atoms with van der Waals surface area (Å²) in [5, 5.41) is 13.0. The maximum absolute atomic E-state index is 9.02. The number of rotatable bonds is 4. The van der Waals surface area contributed by atoms with E-state index < -0.39 is 0 Å². The van der Waals surface area contributed by atoms with Gasteiger partial charge >= 0.3 is 0 Å². The Balaban J connectivity index is 2.02. The van der Waals surface area contributed by atoms with Gasteiger partial charge in [0.05, 0.1) is 12.4 Å². The molecule has 16 heavy (non-hydrogen) atoms. The molecule has 0 amide bonds. The van der Waals surface area contributed by atoms with E-state index in [1.807, 2.05) is 31.3 Å². The van der Waals surface area contributed by atoms with E-state index in [1.54, 1.807) is 22.8 Å². The number of nitrogens with zero attached hydrogens (tertiary/aromatic N) is 3. The van der Waals surface area contributed by atoms with Gasteiger partial charge in [-0.2, -0.15) is 5.10 Å². The van der Waals surface area contributed by atoms with Crippen LogP contribution in [0.4, 0.5) is 0 Å². The summed E-state index contributed by atoms with van der Waals surface area (Å²) in [6.45, 7) is 0.0817. The second-order valence-corrected chi connectivity index (χ2v) is 4.44. The Bertz CT molecular complexity index is 470. The van der Waals surface area contributed by atoms with Gasteiger partial charge in [-0.15, -0.1) is 11.8 Å². The average Bonchev–Trinajstić information content (AvgIpc) is 2.72. The van der Waals surface area contributed by atoms with Crippen LogP contribution in [-0.2, 0) is 19.4 Å². The van der Waals surface area contributed by atoms with E-state index in [2.05, 4.69) is 10.1 Å². The molecule has 0 spiro atoms. The summed E-state index contributed by atoms with van der Waals surface area (Å²) in [6.07, 6.45) is 1.56. The first kappa shape index (κ1) is 11.2. The lowest BCUT2D eigenvalue weighted by Crippen LogP contribution is -1.97. The first-order valence-electron chi connectivity index (χ1n) is 4.95. The number of aliphatic hydroxyl groups is 1. The molecule has 84 valence electrons. The summed E-state index contributed by atoms with van der Waals surface area (Å²) < 4.78 is 1.77. The number of benzene rings is 1. The van der Waals surface area contributed by atoms with Crippen molar-refractivity contribution in [2.24, 2.45) is 7.05 Å². The zero-order valence-electron chi connectivity index (χ0n) is 9.00. The normalized spacial score (nSPS) is 10.6. The van der Waals surface area contributed by atoms with E-state index >= 15 is 0 Å². The van der Waals surface area contributed by atoms with Gasteiger partial charge in [-0.05, 0) is 17.7 Å². The third-order valence-corrected chi connectivity index (χ3v) is 3.24. The lowest BCUT2D eigenvalue weighted by atomic mass is 10.2. The highest BCUT2D eigenvalue weighted by molar-refractivity contribution is 7.98. The SMILES string of the molecule is Cn1ncnc1CSc1cccc(CO)c1. The lowest BCUT2D eigenvalue weighted by molar-refractivity contribution is 0.281. The summed E-state index contributed by atoms with van der Waals surface area (Å²) in [4.78, 5) is 5.29. The van der Waals surface area contributed by atoms with E-state index in [9.17, 15) is 0 Å². The van der Waals surface area contributed by atoms with Crippen LogP contribution < -0.4 is 0 Å². The first-order chi connectivity index (χ1) is 7.79. The summed E-state index contributed by atoms with van der Waals surface area (Å²) in [6, 6.07) is 7.87. The minimum atomic E-state index is 0.0817. The number of aliphatic hydroxyl groups excluding tert-OH is 1. The molecule has 1 N–H and O–H groups in total. The van der Waals surface area contributed by atoms with Crippen molar-refractivity contribution < 1.29 is 5.11 Å². The highest BCUT2D eigenvalue weighted by Gasteiger charge is 2.02. The summed E-state index contributed by atoms with van der Waals surface area (Å²) >= 11 is 1.69. The third kappa shape index (κ3) is 2.62. The summed E-state index contributed by atoms with van der Waals surface area (Å²) in [5.74, 6) is 1.73. The van der Waals surface area contributed by atoms with Crippen LogP contribution in [0.25, 0.3) is 0 Å².